The lowest BCUT2D eigenvalue weighted by molar-refractivity contribution is 0.313. The predicted molar refractivity (Wildman–Crippen MR) is 105 cm³/mol. The maximum Gasteiger partial charge on any atom is 0.229 e. The molecule has 3 rings (SSSR count). The quantitative estimate of drug-likeness (QED) is 0.755. The van der Waals surface area contributed by atoms with Crippen LogP contribution in [-0.2, 0) is 0 Å². The Kier molecular flexibility index (Phi) is 6.06. The topological polar surface area (TPSA) is 56.3 Å². The van der Waals surface area contributed by atoms with Crippen molar-refractivity contribution in [3.8, 4) is 0 Å². The summed E-state index contributed by atoms with van der Waals surface area (Å²) in [4.78, 5) is 13.6. The smallest absolute Gasteiger partial charge is 0.229 e. The minimum absolute atomic E-state index is 0.619. The number of anilines is 4. The van der Waals surface area contributed by atoms with Gasteiger partial charge < -0.3 is 20.4 Å². The summed E-state index contributed by atoms with van der Waals surface area (Å²) < 4.78 is 0. The van der Waals surface area contributed by atoms with Crippen molar-refractivity contribution in [3.05, 3.63) is 36.5 Å². The van der Waals surface area contributed by atoms with Crippen LogP contribution in [0.15, 0.2) is 36.5 Å². The molecular formula is C19H28N6. The Bertz CT molecular complexity index is 649. The summed E-state index contributed by atoms with van der Waals surface area (Å²) in [6, 6.07) is 10.4. The standard InChI is InChI=1S/C19H28N6/c1-3-4-10-20-18-9-11-21-19(23-18)22-16-5-7-17(8-6-16)25-14-12-24(2)13-15-25/h5-9,11H,3-4,10,12-15H2,1-2H3,(H2,20,21,22,23). The predicted octanol–water partition coefficient (Wildman–Crippen LogP) is 3.18. The number of nitrogens with one attached hydrogen (secondary N) is 2. The van der Waals surface area contributed by atoms with Crippen LogP contribution in [0.25, 0.3) is 0 Å². The molecule has 2 aromatic rings. The van der Waals surface area contributed by atoms with Crippen LogP contribution in [-0.4, -0.2) is 54.6 Å². The van der Waals surface area contributed by atoms with Crippen LogP contribution in [0, 0.1) is 0 Å². The molecule has 1 saturated heterocycles. The van der Waals surface area contributed by atoms with Crippen LogP contribution in [0.5, 0.6) is 0 Å². The molecule has 134 valence electrons. The third kappa shape index (κ3) is 5.06. The number of benzene rings is 1. The highest BCUT2D eigenvalue weighted by Crippen LogP contribution is 2.21. The molecule has 0 unspecified atom stereocenters. The second-order valence-corrected chi connectivity index (χ2v) is 6.51. The van der Waals surface area contributed by atoms with Crippen molar-refractivity contribution in [2.45, 2.75) is 19.8 Å². The van der Waals surface area contributed by atoms with Gasteiger partial charge in [0, 0.05) is 50.3 Å². The number of unbranched alkanes of at least 4 members (excludes halogenated alkanes) is 1. The second-order valence-electron chi connectivity index (χ2n) is 6.51. The first-order valence-corrected chi connectivity index (χ1v) is 9.12. The van der Waals surface area contributed by atoms with Crippen molar-refractivity contribution in [2.24, 2.45) is 0 Å². The van der Waals surface area contributed by atoms with E-state index in [-0.39, 0.29) is 0 Å². The molecule has 0 bridgehead atoms. The summed E-state index contributed by atoms with van der Waals surface area (Å²) >= 11 is 0. The molecule has 1 aromatic heterocycles. The normalized spacial score (nSPS) is 15.2. The first-order chi connectivity index (χ1) is 12.2. The maximum absolute atomic E-state index is 4.51. The number of likely N-dealkylation sites (N-methyl/N-ethyl adjacent to an activating group) is 1. The first kappa shape index (κ1) is 17.5. The van der Waals surface area contributed by atoms with Crippen molar-refractivity contribution in [1.29, 1.82) is 0 Å². The molecule has 0 saturated carbocycles. The zero-order valence-corrected chi connectivity index (χ0v) is 15.2. The maximum atomic E-state index is 4.51. The fourth-order valence-electron chi connectivity index (χ4n) is 2.86. The molecule has 0 atom stereocenters. The van der Waals surface area contributed by atoms with Gasteiger partial charge in [-0.3, -0.25) is 0 Å². The average molecular weight is 340 g/mol. The molecule has 1 fully saturated rings. The van der Waals surface area contributed by atoms with Crippen LogP contribution in [0.2, 0.25) is 0 Å². The van der Waals surface area contributed by atoms with Gasteiger partial charge in [0.25, 0.3) is 0 Å². The lowest BCUT2D eigenvalue weighted by atomic mass is 10.2. The number of hydrogen-bond acceptors (Lipinski definition) is 6. The molecule has 2 N–H and O–H groups in total. The minimum Gasteiger partial charge on any atom is -0.370 e. The Morgan fingerprint density at radius 2 is 1.80 bits per heavy atom. The summed E-state index contributed by atoms with van der Waals surface area (Å²) in [6.07, 6.45) is 4.09. The van der Waals surface area contributed by atoms with Gasteiger partial charge in [0.15, 0.2) is 0 Å². The summed E-state index contributed by atoms with van der Waals surface area (Å²) in [5.41, 5.74) is 2.28. The highest BCUT2D eigenvalue weighted by atomic mass is 15.2. The van der Waals surface area contributed by atoms with Crippen molar-refractivity contribution >= 4 is 23.1 Å². The Labute approximate surface area is 150 Å². The van der Waals surface area contributed by atoms with E-state index in [0.29, 0.717) is 5.95 Å². The van der Waals surface area contributed by atoms with Gasteiger partial charge in [-0.05, 0) is 43.8 Å². The highest BCUT2D eigenvalue weighted by molar-refractivity contribution is 5.60. The molecule has 6 nitrogen and oxygen atoms in total. The van der Waals surface area contributed by atoms with Crippen molar-refractivity contribution in [1.82, 2.24) is 14.9 Å². The second kappa shape index (κ2) is 8.67. The summed E-state index contributed by atoms with van der Waals surface area (Å²) in [5.74, 6) is 1.48. The van der Waals surface area contributed by atoms with Gasteiger partial charge in [-0.2, -0.15) is 4.98 Å². The van der Waals surface area contributed by atoms with E-state index in [4.69, 9.17) is 0 Å². The lowest BCUT2D eigenvalue weighted by Gasteiger charge is -2.34. The Hall–Kier alpha value is -2.34. The molecule has 0 aliphatic carbocycles. The molecule has 0 spiro atoms. The zero-order valence-electron chi connectivity index (χ0n) is 15.2. The molecule has 2 heterocycles. The first-order valence-electron chi connectivity index (χ1n) is 9.12. The molecule has 1 aliphatic heterocycles. The van der Waals surface area contributed by atoms with E-state index in [2.05, 4.69) is 68.6 Å². The minimum atomic E-state index is 0.619. The zero-order chi connectivity index (χ0) is 17.5. The third-order valence-electron chi connectivity index (χ3n) is 4.48. The lowest BCUT2D eigenvalue weighted by Crippen LogP contribution is -2.44. The summed E-state index contributed by atoms with van der Waals surface area (Å²) in [5, 5.41) is 6.61. The Morgan fingerprint density at radius 1 is 1.04 bits per heavy atom. The van der Waals surface area contributed by atoms with Crippen molar-refractivity contribution < 1.29 is 0 Å². The molecule has 6 heteroatoms. The van der Waals surface area contributed by atoms with Gasteiger partial charge in [-0.15, -0.1) is 0 Å². The van der Waals surface area contributed by atoms with Crippen LogP contribution in [0.4, 0.5) is 23.1 Å². The molecule has 0 radical (unpaired) electrons. The van der Waals surface area contributed by atoms with E-state index in [1.807, 2.05) is 6.07 Å². The van der Waals surface area contributed by atoms with Crippen LogP contribution >= 0.6 is 0 Å². The average Bonchev–Trinajstić information content (AvgIpc) is 2.64. The van der Waals surface area contributed by atoms with Crippen LogP contribution in [0.3, 0.4) is 0 Å². The molecule has 1 aromatic carbocycles. The SMILES string of the molecule is CCCCNc1ccnc(Nc2ccc(N3CCN(C)CC3)cc2)n1. The molecule has 1 aliphatic rings. The van der Waals surface area contributed by atoms with E-state index in [1.165, 1.54) is 12.1 Å². The fourth-order valence-corrected chi connectivity index (χ4v) is 2.86. The van der Waals surface area contributed by atoms with Crippen LogP contribution < -0.4 is 15.5 Å². The van der Waals surface area contributed by atoms with Gasteiger partial charge in [-0.1, -0.05) is 13.3 Å². The van der Waals surface area contributed by atoms with E-state index in [1.54, 1.807) is 6.20 Å². The number of piperazine rings is 1. The number of rotatable bonds is 7. The van der Waals surface area contributed by atoms with E-state index in [9.17, 15) is 0 Å². The number of aromatic nitrogens is 2. The largest absolute Gasteiger partial charge is 0.370 e. The fraction of sp³-hybridized carbons (Fsp3) is 0.474. The summed E-state index contributed by atoms with van der Waals surface area (Å²) in [6.45, 7) is 7.51. The third-order valence-corrected chi connectivity index (χ3v) is 4.48. The summed E-state index contributed by atoms with van der Waals surface area (Å²) in [7, 11) is 2.18. The van der Waals surface area contributed by atoms with Gasteiger partial charge >= 0.3 is 0 Å². The van der Waals surface area contributed by atoms with E-state index < -0.39 is 0 Å². The number of nitrogens with zero attached hydrogens (tertiary/aromatic N) is 4. The number of hydrogen-bond donors (Lipinski definition) is 2. The Balaban J connectivity index is 1.58. The molecule has 25 heavy (non-hydrogen) atoms. The monoisotopic (exact) mass is 340 g/mol. The van der Waals surface area contributed by atoms with Gasteiger partial charge in [0.05, 0.1) is 0 Å². The Morgan fingerprint density at radius 3 is 2.52 bits per heavy atom. The molecular weight excluding hydrogens is 312 g/mol. The van der Waals surface area contributed by atoms with E-state index >= 15 is 0 Å². The van der Waals surface area contributed by atoms with E-state index in [0.717, 1.165) is 50.6 Å². The van der Waals surface area contributed by atoms with Crippen molar-refractivity contribution in [3.63, 3.8) is 0 Å². The highest BCUT2D eigenvalue weighted by Gasteiger charge is 2.13. The van der Waals surface area contributed by atoms with Gasteiger partial charge in [-0.25, -0.2) is 4.98 Å². The van der Waals surface area contributed by atoms with Crippen LogP contribution in [0.1, 0.15) is 19.8 Å². The van der Waals surface area contributed by atoms with Crippen molar-refractivity contribution in [2.75, 3.05) is 55.3 Å². The van der Waals surface area contributed by atoms with Gasteiger partial charge in [0.2, 0.25) is 5.95 Å². The molecule has 0 amide bonds. The van der Waals surface area contributed by atoms with Gasteiger partial charge in [0.1, 0.15) is 5.82 Å².